The molecule has 1 unspecified atom stereocenters. The molecule has 45 heavy (non-hydrogen) atoms. The Labute approximate surface area is 259 Å². The summed E-state index contributed by atoms with van der Waals surface area (Å²) in [6, 6.07) is 5.34. The molecule has 1 atom stereocenters. The number of rotatable bonds is 6. The second kappa shape index (κ2) is 12.4. The molecule has 2 aromatic rings. The van der Waals surface area contributed by atoms with E-state index in [1.165, 1.54) is 32.9 Å². The van der Waals surface area contributed by atoms with Crippen LogP contribution in [0.2, 0.25) is 6.82 Å². The summed E-state index contributed by atoms with van der Waals surface area (Å²) < 4.78 is 111. The van der Waals surface area contributed by atoms with Gasteiger partial charge in [0.15, 0.2) is 23.0 Å². The number of halogens is 3. The highest BCUT2D eigenvalue weighted by Crippen LogP contribution is 2.43. The van der Waals surface area contributed by atoms with Gasteiger partial charge < -0.3 is 34.9 Å². The SMILES string of the molecule is CB(O)NC1CCN(S(=O)(=O)c2ccc3c(c2)OC(F)(F)O3)CC1.CC1(F)Oc2ccc(S(=O)(=O)N3CCC(N)CC3)cc2O1. The largest absolute Gasteiger partial charge is 0.586 e. The Kier molecular flexibility index (Phi) is 9.26. The smallest absolute Gasteiger partial charge is 0.437 e. The van der Waals surface area contributed by atoms with E-state index in [2.05, 4.69) is 14.7 Å². The first-order valence-electron chi connectivity index (χ1n) is 14.3. The van der Waals surface area contributed by atoms with Gasteiger partial charge in [0, 0.05) is 57.3 Å². The fraction of sp³-hybridized carbons (Fsp3) is 0.538. The van der Waals surface area contributed by atoms with Crippen molar-refractivity contribution in [1.29, 1.82) is 0 Å². The zero-order valence-electron chi connectivity index (χ0n) is 24.5. The second-order valence-corrected chi connectivity index (χ2v) is 15.1. The van der Waals surface area contributed by atoms with Gasteiger partial charge in [-0.3, -0.25) is 0 Å². The maximum absolute atomic E-state index is 13.6. The number of nitrogens with one attached hydrogen (secondary N) is 1. The number of piperidine rings is 2. The van der Waals surface area contributed by atoms with Crippen LogP contribution in [-0.4, -0.2) is 88.1 Å². The zero-order valence-corrected chi connectivity index (χ0v) is 26.1. The van der Waals surface area contributed by atoms with Crippen LogP contribution in [0.15, 0.2) is 46.2 Å². The first-order valence-corrected chi connectivity index (χ1v) is 17.1. The number of hydrogen-bond donors (Lipinski definition) is 3. The van der Waals surface area contributed by atoms with E-state index in [0.717, 1.165) is 19.1 Å². The lowest BCUT2D eigenvalue weighted by molar-refractivity contribution is -0.286. The van der Waals surface area contributed by atoms with Gasteiger partial charge in [0.2, 0.25) is 20.0 Å². The van der Waals surface area contributed by atoms with Crippen LogP contribution in [0.4, 0.5) is 13.2 Å². The molecule has 0 spiro atoms. The summed E-state index contributed by atoms with van der Waals surface area (Å²) in [7, 11) is -8.09. The summed E-state index contributed by atoms with van der Waals surface area (Å²) in [6.45, 7) is 4.05. The number of alkyl halides is 3. The van der Waals surface area contributed by atoms with Gasteiger partial charge in [-0.25, -0.2) is 16.8 Å². The molecule has 2 aromatic carbocycles. The van der Waals surface area contributed by atoms with E-state index in [4.69, 9.17) is 15.2 Å². The number of fused-ring (bicyclic) bond motifs is 2. The normalized spacial score (nSPS) is 23.8. The predicted molar refractivity (Wildman–Crippen MR) is 155 cm³/mol. The summed E-state index contributed by atoms with van der Waals surface area (Å²) in [6.07, 6.45) is -1.42. The van der Waals surface area contributed by atoms with Gasteiger partial charge in [-0.15, -0.1) is 8.78 Å². The molecule has 13 nitrogen and oxygen atoms in total. The highest BCUT2D eigenvalue weighted by molar-refractivity contribution is 7.89. The van der Waals surface area contributed by atoms with E-state index >= 15 is 0 Å². The van der Waals surface area contributed by atoms with E-state index in [-0.39, 0.29) is 58.0 Å². The maximum atomic E-state index is 13.6. The van der Waals surface area contributed by atoms with E-state index < -0.39 is 39.4 Å². The lowest BCUT2D eigenvalue weighted by Crippen LogP contribution is -2.48. The van der Waals surface area contributed by atoms with Crippen molar-refractivity contribution >= 4 is 27.1 Å². The molecule has 0 radical (unpaired) electrons. The zero-order chi connectivity index (χ0) is 32.8. The number of ether oxygens (including phenoxy) is 4. The van der Waals surface area contributed by atoms with Crippen LogP contribution in [0.1, 0.15) is 32.6 Å². The predicted octanol–water partition coefficient (Wildman–Crippen LogP) is 2.07. The number of benzene rings is 2. The molecule has 4 aliphatic heterocycles. The molecule has 0 aliphatic carbocycles. The van der Waals surface area contributed by atoms with E-state index in [1.807, 2.05) is 0 Å². The number of nitrogens with two attached hydrogens (primary N) is 1. The fourth-order valence-corrected chi connectivity index (χ4v) is 8.31. The first kappa shape index (κ1) is 33.6. The van der Waals surface area contributed by atoms with Crippen molar-refractivity contribution in [1.82, 2.24) is 13.8 Å². The quantitative estimate of drug-likeness (QED) is 0.383. The van der Waals surface area contributed by atoms with Crippen LogP contribution in [0.25, 0.3) is 0 Å². The van der Waals surface area contributed by atoms with Gasteiger partial charge in [0.25, 0.3) is 0 Å². The molecular weight excluding hydrogens is 644 g/mol. The lowest BCUT2D eigenvalue weighted by atomic mass is 9.85. The number of sulfonamides is 2. The molecule has 248 valence electrons. The summed E-state index contributed by atoms with van der Waals surface area (Å²) in [5.41, 5.74) is 5.78. The second-order valence-electron chi connectivity index (χ2n) is 11.2. The lowest BCUT2D eigenvalue weighted by Gasteiger charge is -2.32. The number of hydrogen-bond acceptors (Lipinski definition) is 11. The Morgan fingerprint density at radius 2 is 1.22 bits per heavy atom. The Balaban J connectivity index is 0.000000179. The Hall–Kier alpha value is -2.81. The standard InChI is InChI=1S/C13H17BF2N2O5S.C13H17FN2O4S/c1-14(19)17-9-4-6-18(7-5-9)24(20,21)10-2-3-11-12(8-10)23-13(15,16)22-11;1-13(14)19-11-3-2-10(8-12(11)20-13)21(17,18)16-6-4-9(15)5-7-16/h2-3,8-9,17,19H,4-7H2,1H3;2-3,8-9H,4-7,15H2,1H3. The average Bonchev–Trinajstić information content (AvgIpc) is 3.44. The van der Waals surface area contributed by atoms with Crippen molar-refractivity contribution in [3.05, 3.63) is 36.4 Å². The maximum Gasteiger partial charge on any atom is 0.586 e. The molecular formula is C26H34BF3N4O9S2. The van der Waals surface area contributed by atoms with Crippen LogP contribution in [0.5, 0.6) is 23.0 Å². The highest BCUT2D eigenvalue weighted by atomic mass is 32.2. The van der Waals surface area contributed by atoms with Crippen LogP contribution in [0, 0.1) is 0 Å². The van der Waals surface area contributed by atoms with Crippen LogP contribution >= 0.6 is 0 Å². The third-order valence-electron chi connectivity index (χ3n) is 7.58. The molecule has 19 heteroatoms. The van der Waals surface area contributed by atoms with Crippen molar-refractivity contribution < 1.29 is 54.0 Å². The van der Waals surface area contributed by atoms with Crippen molar-refractivity contribution in [3.63, 3.8) is 0 Å². The molecule has 0 aromatic heterocycles. The minimum absolute atomic E-state index is 0.0342. The fourth-order valence-electron chi connectivity index (χ4n) is 5.33. The van der Waals surface area contributed by atoms with Crippen LogP contribution < -0.4 is 29.9 Å². The van der Waals surface area contributed by atoms with Gasteiger partial charge in [-0.1, -0.05) is 0 Å². The van der Waals surface area contributed by atoms with E-state index in [0.29, 0.717) is 38.8 Å². The van der Waals surface area contributed by atoms with Crippen molar-refractivity contribution in [2.24, 2.45) is 5.73 Å². The van der Waals surface area contributed by atoms with Gasteiger partial charge in [0.1, 0.15) is 0 Å². The Morgan fingerprint density at radius 1 is 0.800 bits per heavy atom. The average molecular weight is 679 g/mol. The van der Waals surface area contributed by atoms with Gasteiger partial charge in [-0.05, 0) is 56.8 Å². The molecule has 0 bridgehead atoms. The van der Waals surface area contributed by atoms with E-state index in [1.54, 1.807) is 6.82 Å². The molecule has 4 N–H and O–H groups in total. The molecule has 0 amide bonds. The molecule has 4 heterocycles. The summed E-state index contributed by atoms with van der Waals surface area (Å²) in [5, 5.41) is 12.3. The molecule has 6 rings (SSSR count). The summed E-state index contributed by atoms with van der Waals surface area (Å²) in [4.78, 5) is -0.0532. The minimum Gasteiger partial charge on any atom is -0.437 e. The topological polar surface area (TPSA) is 170 Å². The summed E-state index contributed by atoms with van der Waals surface area (Å²) in [5.74, 6) is -0.208. The minimum atomic E-state index is -3.81. The highest BCUT2D eigenvalue weighted by Gasteiger charge is 2.44. The van der Waals surface area contributed by atoms with Crippen molar-refractivity contribution in [3.8, 4) is 23.0 Å². The molecule has 2 fully saturated rings. The Bertz CT molecular complexity index is 1620. The number of nitrogens with zero attached hydrogens (tertiary/aromatic N) is 2. The van der Waals surface area contributed by atoms with Crippen LogP contribution in [0.3, 0.4) is 0 Å². The summed E-state index contributed by atoms with van der Waals surface area (Å²) >= 11 is 0. The van der Waals surface area contributed by atoms with Crippen molar-refractivity contribution in [2.45, 2.75) is 73.6 Å². The van der Waals surface area contributed by atoms with Crippen LogP contribution in [-0.2, 0) is 20.0 Å². The van der Waals surface area contributed by atoms with Gasteiger partial charge >= 0.3 is 19.4 Å². The molecule has 0 saturated carbocycles. The molecule has 2 saturated heterocycles. The first-order chi connectivity index (χ1) is 20.9. The Morgan fingerprint density at radius 3 is 1.73 bits per heavy atom. The van der Waals surface area contributed by atoms with E-state index in [9.17, 15) is 35.0 Å². The third kappa shape index (κ3) is 7.61. The van der Waals surface area contributed by atoms with Gasteiger partial charge in [0.05, 0.1) is 9.79 Å². The molecule has 4 aliphatic rings. The third-order valence-corrected chi connectivity index (χ3v) is 11.4. The van der Waals surface area contributed by atoms with Gasteiger partial charge in [-0.2, -0.15) is 13.0 Å². The van der Waals surface area contributed by atoms with Crippen molar-refractivity contribution in [2.75, 3.05) is 26.2 Å². The monoisotopic (exact) mass is 678 g/mol.